The number of non-ortho nitro benzene ring substituents is 1. The minimum Gasteiger partial charge on any atom is -0.481 e. The highest BCUT2D eigenvalue weighted by molar-refractivity contribution is 5.85. The molecule has 1 aromatic carbocycles. The molecular weight excluding hydrogens is 238 g/mol. The van der Waals surface area contributed by atoms with Crippen LogP contribution in [0.1, 0.15) is 19.8 Å². The molecule has 96 valence electrons. The number of carboxylic acids is 1. The predicted molar refractivity (Wildman–Crippen MR) is 66.7 cm³/mol. The molecule has 1 rings (SSSR count). The van der Waals surface area contributed by atoms with Gasteiger partial charge in [0.2, 0.25) is 0 Å². The number of nitro benzene ring substituents is 1. The molecule has 7 nitrogen and oxygen atoms in total. The van der Waals surface area contributed by atoms with Crippen molar-refractivity contribution in [2.24, 2.45) is 5.10 Å². The van der Waals surface area contributed by atoms with Crippen LogP contribution in [0, 0.1) is 10.1 Å². The molecular formula is C11H13N3O4. The first-order valence-corrected chi connectivity index (χ1v) is 5.24. The second-order valence-electron chi connectivity index (χ2n) is 3.66. The van der Waals surface area contributed by atoms with Crippen molar-refractivity contribution in [3.8, 4) is 0 Å². The molecule has 0 saturated heterocycles. The molecule has 0 aliphatic heterocycles. The van der Waals surface area contributed by atoms with Gasteiger partial charge in [0, 0.05) is 17.8 Å². The fraction of sp³-hybridized carbons (Fsp3) is 0.273. The Kier molecular flexibility index (Phi) is 4.79. The summed E-state index contributed by atoms with van der Waals surface area (Å²) in [6, 6.07) is 5.80. The average Bonchev–Trinajstić information content (AvgIpc) is 2.34. The van der Waals surface area contributed by atoms with Crippen molar-refractivity contribution in [1.82, 2.24) is 0 Å². The molecule has 0 fully saturated rings. The van der Waals surface area contributed by atoms with Crippen LogP contribution in [0.3, 0.4) is 0 Å². The zero-order valence-corrected chi connectivity index (χ0v) is 9.79. The lowest BCUT2D eigenvalue weighted by Gasteiger charge is -2.02. The lowest BCUT2D eigenvalue weighted by atomic mass is 10.2. The molecule has 0 saturated carbocycles. The van der Waals surface area contributed by atoms with E-state index in [4.69, 9.17) is 5.11 Å². The molecule has 0 bridgehead atoms. The Bertz CT molecular complexity index is 468. The largest absolute Gasteiger partial charge is 0.481 e. The first-order chi connectivity index (χ1) is 8.49. The van der Waals surface area contributed by atoms with Crippen LogP contribution in [0.5, 0.6) is 0 Å². The maximum atomic E-state index is 10.4. The molecule has 0 amide bonds. The summed E-state index contributed by atoms with van der Waals surface area (Å²) in [4.78, 5) is 20.3. The van der Waals surface area contributed by atoms with Crippen LogP contribution in [-0.4, -0.2) is 21.7 Å². The lowest BCUT2D eigenvalue weighted by molar-refractivity contribution is -0.384. The van der Waals surface area contributed by atoms with Crippen molar-refractivity contribution < 1.29 is 14.8 Å². The van der Waals surface area contributed by atoms with E-state index in [1.165, 1.54) is 24.3 Å². The Morgan fingerprint density at radius 3 is 2.50 bits per heavy atom. The summed E-state index contributed by atoms with van der Waals surface area (Å²) in [6.07, 6.45) is 0.382. The summed E-state index contributed by atoms with van der Waals surface area (Å²) in [5, 5.41) is 22.9. The zero-order valence-electron chi connectivity index (χ0n) is 9.79. The van der Waals surface area contributed by atoms with Gasteiger partial charge in [-0.1, -0.05) is 0 Å². The van der Waals surface area contributed by atoms with Crippen LogP contribution in [0.15, 0.2) is 29.4 Å². The smallest absolute Gasteiger partial charge is 0.303 e. The normalized spacial score (nSPS) is 11.1. The average molecular weight is 251 g/mol. The Morgan fingerprint density at radius 2 is 2.00 bits per heavy atom. The second kappa shape index (κ2) is 6.33. The van der Waals surface area contributed by atoms with E-state index in [1.807, 2.05) is 0 Å². The van der Waals surface area contributed by atoms with Crippen LogP contribution in [-0.2, 0) is 4.79 Å². The summed E-state index contributed by atoms with van der Waals surface area (Å²) in [5.74, 6) is -0.875. The number of hydrogen-bond donors (Lipinski definition) is 2. The maximum absolute atomic E-state index is 10.4. The fourth-order valence-corrected chi connectivity index (χ4v) is 1.16. The third kappa shape index (κ3) is 4.60. The third-order valence-corrected chi connectivity index (χ3v) is 2.15. The molecule has 0 aliphatic rings. The van der Waals surface area contributed by atoms with Gasteiger partial charge in [-0.05, 0) is 25.5 Å². The maximum Gasteiger partial charge on any atom is 0.303 e. The number of carboxylic acid groups (broad SMARTS) is 1. The van der Waals surface area contributed by atoms with Gasteiger partial charge in [0.15, 0.2) is 0 Å². The summed E-state index contributed by atoms with van der Waals surface area (Å²) in [6.45, 7) is 1.71. The predicted octanol–water partition coefficient (Wildman–Crippen LogP) is 2.25. The number of hydrazone groups is 1. The van der Waals surface area contributed by atoms with Gasteiger partial charge in [-0.3, -0.25) is 20.3 Å². The van der Waals surface area contributed by atoms with Crippen molar-refractivity contribution in [3.05, 3.63) is 34.4 Å². The quantitative estimate of drug-likeness (QED) is 0.458. The van der Waals surface area contributed by atoms with E-state index < -0.39 is 10.9 Å². The first kappa shape index (κ1) is 13.6. The molecule has 0 aliphatic carbocycles. The number of nitro groups is 1. The van der Waals surface area contributed by atoms with E-state index in [1.54, 1.807) is 6.92 Å². The van der Waals surface area contributed by atoms with Gasteiger partial charge < -0.3 is 5.11 Å². The molecule has 0 spiro atoms. The monoisotopic (exact) mass is 251 g/mol. The minimum atomic E-state index is -0.875. The molecule has 2 N–H and O–H groups in total. The highest BCUT2D eigenvalue weighted by Crippen LogP contribution is 2.15. The van der Waals surface area contributed by atoms with Gasteiger partial charge >= 0.3 is 5.97 Å². The topological polar surface area (TPSA) is 105 Å². The number of aliphatic carboxylic acids is 1. The Hall–Kier alpha value is -2.44. The van der Waals surface area contributed by atoms with Crippen LogP contribution in [0.2, 0.25) is 0 Å². The van der Waals surface area contributed by atoms with Crippen LogP contribution < -0.4 is 5.43 Å². The molecule has 0 unspecified atom stereocenters. The number of nitrogens with zero attached hydrogens (tertiary/aromatic N) is 2. The van der Waals surface area contributed by atoms with E-state index in [9.17, 15) is 14.9 Å². The van der Waals surface area contributed by atoms with Crippen molar-refractivity contribution >= 4 is 23.1 Å². The summed E-state index contributed by atoms with van der Waals surface area (Å²) >= 11 is 0. The first-order valence-electron chi connectivity index (χ1n) is 5.24. The number of hydrogen-bond acceptors (Lipinski definition) is 5. The minimum absolute atomic E-state index is 0.00660. The Labute approximate surface area is 103 Å². The van der Waals surface area contributed by atoms with Crippen LogP contribution >= 0.6 is 0 Å². The highest BCUT2D eigenvalue weighted by Gasteiger charge is 2.03. The molecule has 7 heteroatoms. The molecule has 0 heterocycles. The van der Waals surface area contributed by atoms with Gasteiger partial charge in [-0.15, -0.1) is 0 Å². The Balaban J connectivity index is 2.54. The summed E-state index contributed by atoms with van der Waals surface area (Å²) < 4.78 is 0. The molecule has 18 heavy (non-hydrogen) atoms. The molecule has 0 radical (unpaired) electrons. The molecule has 1 aromatic rings. The molecule has 0 atom stereocenters. The fourth-order valence-electron chi connectivity index (χ4n) is 1.16. The van der Waals surface area contributed by atoms with Crippen LogP contribution in [0.4, 0.5) is 11.4 Å². The van der Waals surface area contributed by atoms with Gasteiger partial charge in [0.05, 0.1) is 17.0 Å². The highest BCUT2D eigenvalue weighted by atomic mass is 16.6. The van der Waals surface area contributed by atoms with E-state index in [0.717, 1.165) is 0 Å². The van der Waals surface area contributed by atoms with Crippen molar-refractivity contribution in [1.29, 1.82) is 0 Å². The van der Waals surface area contributed by atoms with Crippen molar-refractivity contribution in [2.75, 3.05) is 5.43 Å². The second-order valence-corrected chi connectivity index (χ2v) is 3.66. The van der Waals surface area contributed by atoms with Crippen molar-refractivity contribution in [3.63, 3.8) is 0 Å². The number of benzene rings is 1. The SMILES string of the molecule is CC(CCC(=O)O)=NNc1ccc([N+](=O)[O-])cc1. The summed E-state index contributed by atoms with van der Waals surface area (Å²) in [7, 11) is 0. The number of anilines is 1. The molecule has 0 aromatic heterocycles. The van der Waals surface area contributed by atoms with Gasteiger partial charge in [0.25, 0.3) is 5.69 Å². The summed E-state index contributed by atoms with van der Waals surface area (Å²) in [5.41, 5.74) is 3.97. The third-order valence-electron chi connectivity index (χ3n) is 2.15. The Morgan fingerprint density at radius 1 is 1.39 bits per heavy atom. The van der Waals surface area contributed by atoms with Gasteiger partial charge in [0.1, 0.15) is 0 Å². The van der Waals surface area contributed by atoms with Gasteiger partial charge in [-0.2, -0.15) is 5.10 Å². The van der Waals surface area contributed by atoms with Crippen molar-refractivity contribution in [2.45, 2.75) is 19.8 Å². The zero-order chi connectivity index (χ0) is 13.5. The van der Waals surface area contributed by atoms with E-state index >= 15 is 0 Å². The number of carbonyl (C=O) groups is 1. The lowest BCUT2D eigenvalue weighted by Crippen LogP contribution is -2.02. The van der Waals surface area contributed by atoms with E-state index in [0.29, 0.717) is 17.8 Å². The number of rotatable bonds is 6. The van der Waals surface area contributed by atoms with Gasteiger partial charge in [-0.25, -0.2) is 0 Å². The standard InChI is InChI=1S/C11H13N3O4/c1-8(2-7-11(15)16)12-13-9-3-5-10(6-4-9)14(17)18/h3-6,13H,2,7H2,1H3,(H,15,16). The number of nitrogens with one attached hydrogen (secondary N) is 1. The van der Waals surface area contributed by atoms with Crippen LogP contribution in [0.25, 0.3) is 0 Å². The van der Waals surface area contributed by atoms with E-state index in [-0.39, 0.29) is 12.1 Å². The van der Waals surface area contributed by atoms with E-state index in [2.05, 4.69) is 10.5 Å².